The zero-order valence-electron chi connectivity index (χ0n) is 7.12. The number of aliphatic hydroxyl groups excluding tert-OH is 1. The molecule has 0 amide bonds. The fraction of sp³-hybridized carbons (Fsp3) is 0.400. The fourth-order valence-corrected chi connectivity index (χ4v) is 1.92. The first-order chi connectivity index (χ1) is 5.83. The molecule has 2 atom stereocenters. The summed E-state index contributed by atoms with van der Waals surface area (Å²) in [6, 6.07) is 8.31. The van der Waals surface area contributed by atoms with Gasteiger partial charge >= 0.3 is 0 Å². The van der Waals surface area contributed by atoms with E-state index in [9.17, 15) is 5.11 Å². The Kier molecular flexibility index (Phi) is 1.87. The van der Waals surface area contributed by atoms with Gasteiger partial charge in [0, 0.05) is 6.42 Å². The molecule has 0 fully saturated rings. The number of nitrogens with one attached hydrogen (secondary N) is 1. The summed E-state index contributed by atoms with van der Waals surface area (Å²) in [5.41, 5.74) is 2.51. The van der Waals surface area contributed by atoms with Gasteiger partial charge in [0.05, 0.1) is 12.1 Å². The number of hydrogen-bond acceptors (Lipinski definition) is 2. The average molecular weight is 163 g/mol. The first-order valence-corrected chi connectivity index (χ1v) is 4.26. The van der Waals surface area contributed by atoms with Crippen LogP contribution in [0, 0.1) is 0 Å². The summed E-state index contributed by atoms with van der Waals surface area (Å²) in [6.45, 7) is 0. The van der Waals surface area contributed by atoms with Crippen LogP contribution in [0.2, 0.25) is 0 Å². The molecule has 1 aromatic rings. The molecule has 0 saturated heterocycles. The van der Waals surface area contributed by atoms with Gasteiger partial charge in [0.1, 0.15) is 0 Å². The van der Waals surface area contributed by atoms with Gasteiger partial charge in [-0.3, -0.25) is 0 Å². The van der Waals surface area contributed by atoms with Gasteiger partial charge in [-0.25, -0.2) is 0 Å². The summed E-state index contributed by atoms with van der Waals surface area (Å²) in [7, 11) is 1.88. The molecule has 1 aliphatic rings. The fourth-order valence-electron chi connectivity index (χ4n) is 1.92. The number of hydrogen-bond donors (Lipinski definition) is 2. The van der Waals surface area contributed by atoms with Gasteiger partial charge < -0.3 is 10.4 Å². The molecule has 1 aromatic carbocycles. The van der Waals surface area contributed by atoms with Crippen LogP contribution in [0.3, 0.4) is 0 Å². The van der Waals surface area contributed by atoms with Crippen LogP contribution >= 0.6 is 0 Å². The van der Waals surface area contributed by atoms with E-state index in [2.05, 4.69) is 17.4 Å². The molecule has 2 N–H and O–H groups in total. The van der Waals surface area contributed by atoms with E-state index < -0.39 is 0 Å². The maximum atomic E-state index is 9.65. The summed E-state index contributed by atoms with van der Waals surface area (Å²) in [4.78, 5) is 0. The average Bonchev–Trinajstić information content (AvgIpc) is 2.40. The molecule has 2 rings (SSSR count). The second-order valence-corrected chi connectivity index (χ2v) is 3.24. The van der Waals surface area contributed by atoms with E-state index in [0.717, 1.165) is 6.42 Å². The minimum atomic E-state index is -0.257. The maximum absolute atomic E-state index is 9.65. The van der Waals surface area contributed by atoms with E-state index in [1.54, 1.807) is 0 Å². The predicted octanol–water partition coefficient (Wildman–Crippen LogP) is 0.864. The van der Waals surface area contributed by atoms with Crippen molar-refractivity contribution < 1.29 is 5.11 Å². The first-order valence-electron chi connectivity index (χ1n) is 4.26. The summed E-state index contributed by atoms with van der Waals surface area (Å²) < 4.78 is 0. The Balaban J connectivity index is 2.40. The van der Waals surface area contributed by atoms with Gasteiger partial charge in [-0.2, -0.15) is 0 Å². The van der Waals surface area contributed by atoms with Crippen molar-refractivity contribution in [3.63, 3.8) is 0 Å². The molecule has 64 valence electrons. The number of likely N-dealkylation sites (N-methyl/N-ethyl adjacent to an activating group) is 1. The highest BCUT2D eigenvalue weighted by atomic mass is 16.3. The third-order valence-corrected chi connectivity index (χ3v) is 2.51. The topological polar surface area (TPSA) is 32.3 Å². The van der Waals surface area contributed by atoms with Crippen molar-refractivity contribution in [2.45, 2.75) is 18.6 Å². The molecule has 0 aromatic heterocycles. The zero-order chi connectivity index (χ0) is 8.55. The van der Waals surface area contributed by atoms with Crippen molar-refractivity contribution in [3.8, 4) is 0 Å². The summed E-state index contributed by atoms with van der Waals surface area (Å²) in [5.74, 6) is 0. The Morgan fingerprint density at radius 1 is 1.42 bits per heavy atom. The Hall–Kier alpha value is -0.860. The van der Waals surface area contributed by atoms with E-state index >= 15 is 0 Å². The molecular weight excluding hydrogens is 150 g/mol. The second kappa shape index (κ2) is 2.88. The maximum Gasteiger partial charge on any atom is 0.0775 e. The normalized spacial score (nSPS) is 27.2. The molecule has 0 bridgehead atoms. The predicted molar refractivity (Wildman–Crippen MR) is 48.0 cm³/mol. The molecular formula is C10H13NO. The van der Waals surface area contributed by atoms with Crippen molar-refractivity contribution in [1.82, 2.24) is 5.32 Å². The number of aliphatic hydroxyl groups is 1. The van der Waals surface area contributed by atoms with Gasteiger partial charge in [0.25, 0.3) is 0 Å². The summed E-state index contributed by atoms with van der Waals surface area (Å²) in [6.07, 6.45) is 0.522. The molecule has 0 aliphatic heterocycles. The number of rotatable bonds is 1. The monoisotopic (exact) mass is 163 g/mol. The smallest absolute Gasteiger partial charge is 0.0775 e. The highest BCUT2D eigenvalue weighted by Crippen LogP contribution is 2.30. The number of fused-ring (bicyclic) bond motifs is 1. The Morgan fingerprint density at radius 2 is 2.17 bits per heavy atom. The van der Waals surface area contributed by atoms with Crippen LogP contribution in [0.5, 0.6) is 0 Å². The molecule has 2 nitrogen and oxygen atoms in total. The molecule has 12 heavy (non-hydrogen) atoms. The molecule has 2 heteroatoms. The van der Waals surface area contributed by atoms with Crippen molar-refractivity contribution in [3.05, 3.63) is 35.4 Å². The minimum absolute atomic E-state index is 0.126. The molecule has 0 radical (unpaired) electrons. The van der Waals surface area contributed by atoms with Crippen LogP contribution in [-0.4, -0.2) is 18.3 Å². The molecule has 0 spiro atoms. The lowest BCUT2D eigenvalue weighted by Crippen LogP contribution is -2.25. The van der Waals surface area contributed by atoms with E-state index in [1.165, 1.54) is 11.1 Å². The Labute approximate surface area is 72.2 Å². The largest absolute Gasteiger partial charge is 0.391 e. The third kappa shape index (κ3) is 1.04. The highest BCUT2D eigenvalue weighted by Gasteiger charge is 2.28. The van der Waals surface area contributed by atoms with Gasteiger partial charge in [-0.1, -0.05) is 24.3 Å². The van der Waals surface area contributed by atoms with Crippen LogP contribution in [0.25, 0.3) is 0 Å². The molecule has 0 heterocycles. The van der Waals surface area contributed by atoms with E-state index in [4.69, 9.17) is 0 Å². The molecule has 1 aliphatic carbocycles. The summed E-state index contributed by atoms with van der Waals surface area (Å²) >= 11 is 0. The SMILES string of the molecule is CNC1c2ccccc2CC1O. The van der Waals surface area contributed by atoms with Crippen LogP contribution in [0.15, 0.2) is 24.3 Å². The van der Waals surface area contributed by atoms with Crippen molar-refractivity contribution in [1.29, 1.82) is 0 Å². The van der Waals surface area contributed by atoms with Gasteiger partial charge in [-0.15, -0.1) is 0 Å². The highest BCUT2D eigenvalue weighted by molar-refractivity contribution is 5.36. The van der Waals surface area contributed by atoms with E-state index in [1.807, 2.05) is 19.2 Å². The third-order valence-electron chi connectivity index (χ3n) is 2.51. The quantitative estimate of drug-likeness (QED) is 0.643. The Bertz CT molecular complexity index is 285. The lowest BCUT2D eigenvalue weighted by molar-refractivity contribution is 0.145. The van der Waals surface area contributed by atoms with Crippen molar-refractivity contribution >= 4 is 0 Å². The van der Waals surface area contributed by atoms with Crippen LogP contribution in [0.4, 0.5) is 0 Å². The van der Waals surface area contributed by atoms with E-state index in [-0.39, 0.29) is 12.1 Å². The van der Waals surface area contributed by atoms with Crippen LogP contribution in [0.1, 0.15) is 17.2 Å². The lowest BCUT2D eigenvalue weighted by atomic mass is 10.1. The van der Waals surface area contributed by atoms with Gasteiger partial charge in [0.2, 0.25) is 0 Å². The standard InChI is InChI=1S/C10H13NO/c1-11-10-8-5-3-2-4-7(8)6-9(10)12/h2-5,9-12H,6H2,1H3. The molecule has 0 saturated carbocycles. The van der Waals surface area contributed by atoms with Crippen molar-refractivity contribution in [2.24, 2.45) is 0 Å². The summed E-state index contributed by atoms with van der Waals surface area (Å²) in [5, 5.41) is 12.8. The number of benzene rings is 1. The first kappa shape index (κ1) is 7.77. The Morgan fingerprint density at radius 3 is 2.92 bits per heavy atom. The second-order valence-electron chi connectivity index (χ2n) is 3.24. The lowest BCUT2D eigenvalue weighted by Gasteiger charge is -2.13. The van der Waals surface area contributed by atoms with Gasteiger partial charge in [0.15, 0.2) is 0 Å². The van der Waals surface area contributed by atoms with Crippen LogP contribution < -0.4 is 5.32 Å². The van der Waals surface area contributed by atoms with Gasteiger partial charge in [-0.05, 0) is 18.2 Å². The zero-order valence-corrected chi connectivity index (χ0v) is 7.12. The van der Waals surface area contributed by atoms with Crippen LogP contribution in [-0.2, 0) is 6.42 Å². The minimum Gasteiger partial charge on any atom is -0.391 e. The molecule has 2 unspecified atom stereocenters. The van der Waals surface area contributed by atoms with Crippen molar-refractivity contribution in [2.75, 3.05) is 7.05 Å². The van der Waals surface area contributed by atoms with E-state index in [0.29, 0.717) is 0 Å².